The lowest BCUT2D eigenvalue weighted by molar-refractivity contribution is -0.0113. The van der Waals surface area contributed by atoms with Crippen LogP contribution in [-0.4, -0.2) is 80.5 Å². The SMILES string of the molecule is CC(C)(C)OC(=O)N1Cc2cc(O)ccc2C[C@H]1[C@H](O)CNC(=O)c1ccc(OC2CCN(Cc3ccncc3)CC2)cc1. The lowest BCUT2D eigenvalue weighted by Gasteiger charge is -2.40. The van der Waals surface area contributed by atoms with Crippen molar-refractivity contribution in [2.45, 2.75) is 77.0 Å². The van der Waals surface area contributed by atoms with Crippen molar-refractivity contribution in [1.29, 1.82) is 0 Å². The van der Waals surface area contributed by atoms with Crippen molar-refractivity contribution in [2.75, 3.05) is 19.6 Å². The highest BCUT2D eigenvalue weighted by atomic mass is 16.6. The van der Waals surface area contributed by atoms with Crippen LogP contribution in [0.2, 0.25) is 0 Å². The largest absolute Gasteiger partial charge is 0.508 e. The van der Waals surface area contributed by atoms with E-state index in [1.807, 2.05) is 24.5 Å². The van der Waals surface area contributed by atoms with Crippen molar-refractivity contribution in [3.8, 4) is 11.5 Å². The summed E-state index contributed by atoms with van der Waals surface area (Å²) in [5, 5.41) is 23.9. The molecule has 2 aliphatic heterocycles. The van der Waals surface area contributed by atoms with Crippen LogP contribution in [0.4, 0.5) is 4.79 Å². The topological polar surface area (TPSA) is 124 Å². The highest BCUT2D eigenvalue weighted by Crippen LogP contribution is 2.29. The molecule has 2 aromatic carbocycles. The molecule has 0 radical (unpaired) electrons. The van der Waals surface area contributed by atoms with E-state index in [0.717, 1.165) is 43.6 Å². The Morgan fingerprint density at radius 3 is 2.41 bits per heavy atom. The number of hydrogen-bond acceptors (Lipinski definition) is 8. The summed E-state index contributed by atoms with van der Waals surface area (Å²) in [5.41, 5.74) is 2.71. The number of aliphatic hydroxyl groups is 1. The molecule has 5 rings (SSSR count). The molecule has 1 aromatic heterocycles. The van der Waals surface area contributed by atoms with E-state index < -0.39 is 23.8 Å². The molecule has 0 bridgehead atoms. The second-order valence-corrected chi connectivity index (χ2v) is 12.6. The molecule has 1 fully saturated rings. The molecule has 0 saturated carbocycles. The van der Waals surface area contributed by atoms with Crippen LogP contribution in [0.25, 0.3) is 0 Å². The molecule has 10 nitrogen and oxygen atoms in total. The van der Waals surface area contributed by atoms with Crippen molar-refractivity contribution >= 4 is 12.0 Å². The van der Waals surface area contributed by atoms with E-state index in [1.54, 1.807) is 63.2 Å². The van der Waals surface area contributed by atoms with E-state index in [-0.39, 0.29) is 30.9 Å². The number of nitrogens with one attached hydrogen (secondary N) is 1. The molecule has 3 N–H and O–H groups in total. The molecule has 3 aromatic rings. The maximum atomic E-state index is 13.1. The van der Waals surface area contributed by atoms with E-state index in [2.05, 4.69) is 15.2 Å². The van der Waals surface area contributed by atoms with Gasteiger partial charge in [0.1, 0.15) is 23.2 Å². The van der Waals surface area contributed by atoms with Gasteiger partial charge in [-0.1, -0.05) is 6.07 Å². The Morgan fingerprint density at radius 2 is 1.73 bits per heavy atom. The van der Waals surface area contributed by atoms with E-state index in [1.165, 1.54) is 10.5 Å². The van der Waals surface area contributed by atoms with Crippen LogP contribution < -0.4 is 10.1 Å². The minimum atomic E-state index is -1.04. The van der Waals surface area contributed by atoms with Gasteiger partial charge in [0.05, 0.1) is 12.1 Å². The number of hydrogen-bond donors (Lipinski definition) is 3. The van der Waals surface area contributed by atoms with Gasteiger partial charge in [-0.05, 0) is 105 Å². The molecule has 2 amide bonds. The third-order valence-electron chi connectivity index (χ3n) is 8.01. The zero-order valence-corrected chi connectivity index (χ0v) is 25.6. The smallest absolute Gasteiger partial charge is 0.410 e. The number of piperidine rings is 1. The summed E-state index contributed by atoms with van der Waals surface area (Å²) in [4.78, 5) is 34.0. The van der Waals surface area contributed by atoms with Crippen LogP contribution in [0.1, 0.15) is 60.7 Å². The highest BCUT2D eigenvalue weighted by molar-refractivity contribution is 5.94. The number of phenols is 1. The number of aromatic nitrogens is 1. The van der Waals surface area contributed by atoms with Gasteiger partial charge in [-0.25, -0.2) is 4.79 Å². The summed E-state index contributed by atoms with van der Waals surface area (Å²) in [6.45, 7) is 8.30. The molecule has 0 unspecified atom stereocenters. The molecular weight excluding hydrogens is 560 g/mol. The van der Waals surface area contributed by atoms with Crippen molar-refractivity contribution in [3.63, 3.8) is 0 Å². The first-order valence-electron chi connectivity index (χ1n) is 15.2. The Balaban J connectivity index is 1.13. The van der Waals surface area contributed by atoms with Crippen LogP contribution >= 0.6 is 0 Å². The molecule has 234 valence electrons. The summed E-state index contributed by atoms with van der Waals surface area (Å²) in [5.74, 6) is 0.497. The third-order valence-corrected chi connectivity index (χ3v) is 8.01. The Labute approximate surface area is 258 Å². The number of pyridine rings is 1. The van der Waals surface area contributed by atoms with Gasteiger partial charge in [-0.3, -0.25) is 19.6 Å². The number of likely N-dealkylation sites (tertiary alicyclic amines) is 1. The van der Waals surface area contributed by atoms with E-state index in [9.17, 15) is 19.8 Å². The molecule has 10 heteroatoms. The first-order valence-corrected chi connectivity index (χ1v) is 15.2. The van der Waals surface area contributed by atoms with E-state index >= 15 is 0 Å². The second-order valence-electron chi connectivity index (χ2n) is 12.6. The van der Waals surface area contributed by atoms with Gasteiger partial charge in [0.15, 0.2) is 0 Å². The molecule has 2 aliphatic rings. The number of aliphatic hydroxyl groups excluding tert-OH is 1. The zero-order chi connectivity index (χ0) is 31.3. The minimum absolute atomic E-state index is 0.0491. The number of ether oxygens (including phenoxy) is 2. The fraction of sp³-hybridized carbons (Fsp3) is 0.441. The quantitative estimate of drug-likeness (QED) is 0.349. The van der Waals surface area contributed by atoms with E-state index in [4.69, 9.17) is 9.47 Å². The van der Waals surface area contributed by atoms with Crippen molar-refractivity contribution in [1.82, 2.24) is 20.1 Å². The number of rotatable bonds is 8. The minimum Gasteiger partial charge on any atom is -0.508 e. The Hall–Kier alpha value is -4.15. The zero-order valence-electron chi connectivity index (χ0n) is 25.6. The summed E-state index contributed by atoms with van der Waals surface area (Å²) >= 11 is 0. The standard InChI is InChI=1S/C34H42N4O6/c1-34(2,3)44-33(42)38-22-26-18-27(39)7-4-25(26)19-30(38)31(40)20-36-32(41)24-5-8-28(9-6-24)43-29-12-16-37(17-13-29)21-23-10-14-35-15-11-23/h4-11,14-15,18,29-31,39-40H,12-13,16-17,19-22H2,1-3H3,(H,36,41)/t30-,31+/m0/s1. The third kappa shape index (κ3) is 8.27. The first-order chi connectivity index (χ1) is 21.0. The van der Waals surface area contributed by atoms with Crippen LogP contribution in [-0.2, 0) is 24.2 Å². The Kier molecular flexibility index (Phi) is 9.71. The number of benzene rings is 2. The molecule has 0 aliphatic carbocycles. The normalized spacial score (nSPS) is 18.3. The van der Waals surface area contributed by atoms with Crippen molar-refractivity contribution < 1.29 is 29.3 Å². The summed E-state index contributed by atoms with van der Waals surface area (Å²) < 4.78 is 11.8. The second kappa shape index (κ2) is 13.7. The van der Waals surface area contributed by atoms with Gasteiger partial charge in [0.2, 0.25) is 0 Å². The molecule has 2 atom stereocenters. The first kappa shape index (κ1) is 31.3. The predicted octanol–water partition coefficient (Wildman–Crippen LogP) is 4.28. The van der Waals surface area contributed by atoms with Crippen molar-refractivity contribution in [3.05, 3.63) is 89.2 Å². The highest BCUT2D eigenvalue weighted by Gasteiger charge is 2.37. The van der Waals surface area contributed by atoms with Gasteiger partial charge in [-0.15, -0.1) is 0 Å². The maximum absolute atomic E-state index is 13.1. The maximum Gasteiger partial charge on any atom is 0.410 e. The number of aromatic hydroxyl groups is 1. The number of phenolic OH excluding ortho intramolecular Hbond substituents is 1. The summed E-state index contributed by atoms with van der Waals surface area (Å²) in [7, 11) is 0. The number of nitrogens with zero attached hydrogens (tertiary/aromatic N) is 3. The summed E-state index contributed by atoms with van der Waals surface area (Å²) in [6, 6.07) is 15.5. The van der Waals surface area contributed by atoms with Crippen LogP contribution in [0.3, 0.4) is 0 Å². The van der Waals surface area contributed by atoms with Gasteiger partial charge < -0.3 is 25.0 Å². The average Bonchev–Trinajstić information content (AvgIpc) is 3.00. The molecule has 1 saturated heterocycles. The fourth-order valence-electron chi connectivity index (χ4n) is 5.70. The van der Waals surface area contributed by atoms with Crippen LogP contribution in [0.5, 0.6) is 11.5 Å². The lowest BCUT2D eigenvalue weighted by Crippen LogP contribution is -2.54. The number of fused-ring (bicyclic) bond motifs is 1. The number of carbonyl (C=O) groups is 2. The van der Waals surface area contributed by atoms with E-state index in [0.29, 0.717) is 17.7 Å². The van der Waals surface area contributed by atoms with Crippen LogP contribution in [0, 0.1) is 0 Å². The molecule has 44 heavy (non-hydrogen) atoms. The summed E-state index contributed by atoms with van der Waals surface area (Å²) in [6.07, 6.45) is 4.38. The predicted molar refractivity (Wildman–Crippen MR) is 165 cm³/mol. The monoisotopic (exact) mass is 602 g/mol. The van der Waals surface area contributed by atoms with Crippen molar-refractivity contribution in [2.24, 2.45) is 0 Å². The Morgan fingerprint density at radius 1 is 1.02 bits per heavy atom. The lowest BCUT2D eigenvalue weighted by atomic mass is 9.91. The molecular formula is C34H42N4O6. The average molecular weight is 603 g/mol. The molecule has 3 heterocycles. The van der Waals surface area contributed by atoms with Gasteiger partial charge in [0, 0.05) is 50.7 Å². The fourth-order valence-corrected chi connectivity index (χ4v) is 5.70. The van der Waals surface area contributed by atoms with Gasteiger partial charge >= 0.3 is 6.09 Å². The molecule has 0 spiro atoms. The van der Waals surface area contributed by atoms with Gasteiger partial charge in [0.25, 0.3) is 5.91 Å². The Bertz CT molecular complexity index is 1420. The number of carbonyl (C=O) groups excluding carboxylic acids is 2. The van der Waals surface area contributed by atoms with Crippen LogP contribution in [0.15, 0.2) is 67.0 Å². The number of amides is 2. The van der Waals surface area contributed by atoms with Gasteiger partial charge in [-0.2, -0.15) is 0 Å².